The van der Waals surface area contributed by atoms with E-state index in [1.54, 1.807) is 0 Å². The van der Waals surface area contributed by atoms with Crippen molar-refractivity contribution < 1.29 is 9.31 Å². The van der Waals surface area contributed by atoms with Crippen LogP contribution in [0.3, 0.4) is 0 Å². The predicted molar refractivity (Wildman–Crippen MR) is 65.3 cm³/mol. The molecule has 16 heavy (non-hydrogen) atoms. The minimum Gasteiger partial charge on any atom is -0.403 e. The first-order valence-corrected chi connectivity index (χ1v) is 6.78. The fourth-order valence-corrected chi connectivity index (χ4v) is 3.50. The second-order valence-electron chi connectivity index (χ2n) is 6.81. The molecule has 0 bridgehead atoms. The van der Waals surface area contributed by atoms with E-state index < -0.39 is 0 Å². The van der Waals surface area contributed by atoms with E-state index in [0.717, 1.165) is 11.8 Å². The minimum atomic E-state index is -0.149. The summed E-state index contributed by atoms with van der Waals surface area (Å²) >= 11 is 0. The van der Waals surface area contributed by atoms with Crippen LogP contribution in [0, 0.1) is 11.8 Å². The summed E-state index contributed by atoms with van der Waals surface area (Å²) in [7, 11) is 0.0677. The average Bonchev–Trinajstić information content (AvgIpc) is 2.84. The lowest BCUT2D eigenvalue weighted by atomic mass is 9.79. The van der Waals surface area contributed by atoms with E-state index >= 15 is 0 Å². The maximum Gasteiger partial charge on any atom is 0.461 e. The van der Waals surface area contributed by atoms with Gasteiger partial charge in [-0.1, -0.05) is 25.7 Å². The Balaban J connectivity index is 1.71. The Bertz CT molecular complexity index is 272. The molecule has 90 valence electrons. The number of fused-ring (bicyclic) bond motifs is 1. The number of hydrogen-bond donors (Lipinski definition) is 0. The molecule has 2 nitrogen and oxygen atoms in total. The Morgan fingerprint density at radius 3 is 1.75 bits per heavy atom. The monoisotopic (exact) mass is 222 g/mol. The van der Waals surface area contributed by atoms with Gasteiger partial charge in [0, 0.05) is 5.82 Å². The van der Waals surface area contributed by atoms with Gasteiger partial charge >= 0.3 is 7.12 Å². The molecule has 0 spiro atoms. The summed E-state index contributed by atoms with van der Waals surface area (Å²) in [5.74, 6) is 2.51. The molecule has 0 amide bonds. The van der Waals surface area contributed by atoms with Crippen LogP contribution in [0.5, 0.6) is 0 Å². The molecule has 3 aliphatic rings. The van der Waals surface area contributed by atoms with Crippen LogP contribution in [0.15, 0.2) is 0 Å². The van der Waals surface area contributed by atoms with Crippen molar-refractivity contribution in [2.24, 2.45) is 11.8 Å². The molecule has 3 atom stereocenters. The molecule has 1 unspecified atom stereocenters. The van der Waals surface area contributed by atoms with Crippen molar-refractivity contribution in [1.82, 2.24) is 0 Å². The van der Waals surface area contributed by atoms with Crippen molar-refractivity contribution >= 4 is 7.12 Å². The highest BCUT2D eigenvalue weighted by Gasteiger charge is 2.64. The molecule has 0 N–H and O–H groups in total. The lowest BCUT2D eigenvalue weighted by Gasteiger charge is -2.32. The number of rotatable bonds is 1. The third kappa shape index (κ3) is 1.47. The van der Waals surface area contributed by atoms with Gasteiger partial charge in [0.25, 0.3) is 0 Å². The summed E-state index contributed by atoms with van der Waals surface area (Å²) < 4.78 is 12.3. The van der Waals surface area contributed by atoms with E-state index in [4.69, 9.17) is 9.31 Å². The lowest BCUT2D eigenvalue weighted by molar-refractivity contribution is 0.00578. The highest BCUT2D eigenvalue weighted by Crippen LogP contribution is 2.63. The molecular weight excluding hydrogens is 199 g/mol. The van der Waals surface area contributed by atoms with E-state index in [-0.39, 0.29) is 18.3 Å². The van der Waals surface area contributed by atoms with Crippen LogP contribution in [0.25, 0.3) is 0 Å². The molecule has 0 aromatic carbocycles. The second kappa shape index (κ2) is 3.26. The largest absolute Gasteiger partial charge is 0.461 e. The summed E-state index contributed by atoms with van der Waals surface area (Å²) in [5.41, 5.74) is -0.299. The first-order chi connectivity index (χ1) is 7.42. The summed E-state index contributed by atoms with van der Waals surface area (Å²) in [6, 6.07) is 0. The van der Waals surface area contributed by atoms with Crippen molar-refractivity contribution in [2.45, 2.75) is 70.4 Å². The van der Waals surface area contributed by atoms with Gasteiger partial charge in [0.2, 0.25) is 0 Å². The zero-order chi connectivity index (χ0) is 11.6. The van der Waals surface area contributed by atoms with Gasteiger partial charge in [-0.2, -0.15) is 0 Å². The van der Waals surface area contributed by atoms with Crippen LogP contribution in [-0.4, -0.2) is 18.3 Å². The molecule has 0 aromatic heterocycles. The van der Waals surface area contributed by atoms with E-state index in [1.807, 2.05) is 0 Å². The van der Waals surface area contributed by atoms with Gasteiger partial charge in [0.05, 0.1) is 11.2 Å². The van der Waals surface area contributed by atoms with Gasteiger partial charge in [-0.3, -0.25) is 0 Å². The van der Waals surface area contributed by atoms with Crippen LogP contribution in [0.4, 0.5) is 0 Å². The smallest absolute Gasteiger partial charge is 0.403 e. The van der Waals surface area contributed by atoms with Crippen molar-refractivity contribution in [3.05, 3.63) is 0 Å². The summed E-state index contributed by atoms with van der Waals surface area (Å²) in [4.78, 5) is 0. The first-order valence-electron chi connectivity index (χ1n) is 6.78. The zero-order valence-corrected chi connectivity index (χ0v) is 11.0. The fraction of sp³-hybridized carbons (Fsp3) is 1.00. The van der Waals surface area contributed by atoms with Crippen LogP contribution in [0.1, 0.15) is 53.4 Å². The molecule has 1 aliphatic heterocycles. The van der Waals surface area contributed by atoms with Crippen LogP contribution >= 0.6 is 0 Å². The third-order valence-electron chi connectivity index (χ3n) is 5.31. The SMILES string of the molecule is CC1(C)OB(C2[C@H]3CCCC[C@@H]23)OC1(C)C. The molecule has 1 saturated heterocycles. The first kappa shape index (κ1) is 11.1. The molecule has 3 heteroatoms. The van der Waals surface area contributed by atoms with Gasteiger partial charge < -0.3 is 9.31 Å². The normalized spacial score (nSPS) is 44.2. The van der Waals surface area contributed by atoms with Crippen LogP contribution in [-0.2, 0) is 9.31 Å². The topological polar surface area (TPSA) is 18.5 Å². The highest BCUT2D eigenvalue weighted by atomic mass is 16.7. The summed E-state index contributed by atoms with van der Waals surface area (Å²) in [6.45, 7) is 8.61. The highest BCUT2D eigenvalue weighted by molar-refractivity contribution is 6.49. The number of hydrogen-bond acceptors (Lipinski definition) is 2. The Morgan fingerprint density at radius 1 is 0.875 bits per heavy atom. The molecule has 0 aromatic rings. The Morgan fingerprint density at radius 2 is 1.31 bits per heavy atom. The van der Waals surface area contributed by atoms with Crippen LogP contribution < -0.4 is 0 Å². The van der Waals surface area contributed by atoms with Crippen LogP contribution in [0.2, 0.25) is 5.82 Å². The second-order valence-corrected chi connectivity index (χ2v) is 6.81. The Kier molecular flexibility index (Phi) is 2.26. The van der Waals surface area contributed by atoms with Gasteiger partial charge in [0.15, 0.2) is 0 Å². The van der Waals surface area contributed by atoms with Crippen molar-refractivity contribution in [3.8, 4) is 0 Å². The lowest BCUT2D eigenvalue weighted by Crippen LogP contribution is -2.41. The molecule has 0 radical (unpaired) electrons. The third-order valence-corrected chi connectivity index (χ3v) is 5.31. The standard InChI is InChI=1S/C13H23BO2/c1-12(2)13(3,4)16-14(15-12)11-9-7-5-6-8-10(9)11/h9-11H,5-8H2,1-4H3/t9-,10+,11?. The predicted octanol–water partition coefficient (Wildman–Crippen LogP) is 3.27. The van der Waals surface area contributed by atoms with Crippen molar-refractivity contribution in [2.75, 3.05) is 0 Å². The summed E-state index contributed by atoms with van der Waals surface area (Å²) in [5, 5.41) is 0. The molecule has 3 rings (SSSR count). The maximum atomic E-state index is 6.16. The molecule has 1 heterocycles. The summed E-state index contributed by atoms with van der Waals surface area (Å²) in [6.07, 6.45) is 5.63. The Hall–Kier alpha value is -0.0151. The average molecular weight is 222 g/mol. The zero-order valence-electron chi connectivity index (χ0n) is 11.0. The van der Waals surface area contributed by atoms with E-state index in [0.29, 0.717) is 5.82 Å². The molecular formula is C13H23BO2. The van der Waals surface area contributed by atoms with Crippen molar-refractivity contribution in [1.29, 1.82) is 0 Å². The van der Waals surface area contributed by atoms with Gasteiger partial charge in [0.1, 0.15) is 0 Å². The Labute approximate surface area is 99.2 Å². The van der Waals surface area contributed by atoms with Crippen molar-refractivity contribution in [3.63, 3.8) is 0 Å². The van der Waals surface area contributed by atoms with E-state index in [2.05, 4.69) is 27.7 Å². The van der Waals surface area contributed by atoms with E-state index in [9.17, 15) is 0 Å². The molecule has 2 aliphatic carbocycles. The fourth-order valence-electron chi connectivity index (χ4n) is 3.50. The van der Waals surface area contributed by atoms with Gasteiger partial charge in [-0.25, -0.2) is 0 Å². The quantitative estimate of drug-likeness (QED) is 0.634. The van der Waals surface area contributed by atoms with Gasteiger partial charge in [-0.05, 0) is 39.5 Å². The van der Waals surface area contributed by atoms with Gasteiger partial charge in [-0.15, -0.1) is 0 Å². The molecule has 3 fully saturated rings. The van der Waals surface area contributed by atoms with E-state index in [1.165, 1.54) is 25.7 Å². The minimum absolute atomic E-state index is 0.0677. The maximum absolute atomic E-state index is 6.16. The molecule has 2 saturated carbocycles.